The molecule has 1 aromatic heterocycles. The Kier molecular flexibility index (Phi) is 3.60. The van der Waals surface area contributed by atoms with E-state index in [1.165, 1.54) is 11.3 Å². The Morgan fingerprint density at radius 2 is 2.22 bits per heavy atom. The number of halogens is 1. The molecule has 0 aliphatic carbocycles. The highest BCUT2D eigenvalue weighted by Gasteiger charge is 2.17. The van der Waals surface area contributed by atoms with Crippen molar-refractivity contribution in [3.8, 4) is 0 Å². The molecule has 2 rings (SSSR count). The van der Waals surface area contributed by atoms with Gasteiger partial charge in [-0.3, -0.25) is 0 Å². The van der Waals surface area contributed by atoms with Crippen LogP contribution in [0.25, 0.3) is 0 Å². The highest BCUT2D eigenvalue weighted by molar-refractivity contribution is 7.89. The van der Waals surface area contributed by atoms with E-state index in [2.05, 4.69) is 9.71 Å². The topological polar surface area (TPSA) is 85.1 Å². The van der Waals surface area contributed by atoms with Crippen LogP contribution < -0.4 is 10.5 Å². The molecule has 2 aromatic rings. The molecule has 1 aromatic carbocycles. The Labute approximate surface area is 108 Å². The van der Waals surface area contributed by atoms with Gasteiger partial charge in [0.2, 0.25) is 10.0 Å². The van der Waals surface area contributed by atoms with Crippen molar-refractivity contribution in [2.75, 3.05) is 5.73 Å². The third kappa shape index (κ3) is 2.84. The summed E-state index contributed by atoms with van der Waals surface area (Å²) in [6.45, 7) is 0.0802. The molecule has 0 saturated carbocycles. The quantitative estimate of drug-likeness (QED) is 0.831. The molecular weight excluding hydrogens is 277 g/mol. The van der Waals surface area contributed by atoms with Gasteiger partial charge < -0.3 is 5.73 Å². The number of aromatic nitrogens is 1. The molecule has 8 heteroatoms. The van der Waals surface area contributed by atoms with E-state index in [1.54, 1.807) is 11.6 Å². The number of nitrogens with two attached hydrogens (primary N) is 1. The van der Waals surface area contributed by atoms with Gasteiger partial charge in [0, 0.05) is 11.6 Å². The number of benzene rings is 1. The average molecular weight is 287 g/mol. The Morgan fingerprint density at radius 1 is 1.44 bits per heavy atom. The summed E-state index contributed by atoms with van der Waals surface area (Å²) < 4.78 is 39.0. The minimum atomic E-state index is -3.76. The molecule has 0 aliphatic heterocycles. The molecule has 0 saturated heterocycles. The van der Waals surface area contributed by atoms with Gasteiger partial charge in [0.05, 0.1) is 12.2 Å². The number of anilines is 1. The summed E-state index contributed by atoms with van der Waals surface area (Å²) in [5.74, 6) is -0.577. The van der Waals surface area contributed by atoms with E-state index in [-0.39, 0.29) is 17.1 Å². The lowest BCUT2D eigenvalue weighted by atomic mass is 10.3. The van der Waals surface area contributed by atoms with Crippen LogP contribution in [0.3, 0.4) is 0 Å². The Hall–Kier alpha value is -1.51. The van der Waals surface area contributed by atoms with Gasteiger partial charge in [-0.1, -0.05) is 0 Å². The van der Waals surface area contributed by atoms with E-state index in [9.17, 15) is 12.8 Å². The lowest BCUT2D eigenvalue weighted by Crippen LogP contribution is -2.24. The van der Waals surface area contributed by atoms with E-state index in [0.717, 1.165) is 18.2 Å². The van der Waals surface area contributed by atoms with E-state index in [0.29, 0.717) is 5.01 Å². The van der Waals surface area contributed by atoms with Crippen LogP contribution >= 0.6 is 11.3 Å². The monoisotopic (exact) mass is 287 g/mol. The number of sulfonamides is 1. The molecule has 0 spiro atoms. The van der Waals surface area contributed by atoms with Crippen molar-refractivity contribution >= 4 is 27.0 Å². The fourth-order valence-corrected chi connectivity index (χ4v) is 3.08. The summed E-state index contributed by atoms with van der Waals surface area (Å²) in [7, 11) is -3.76. The maximum Gasteiger partial charge on any atom is 0.243 e. The summed E-state index contributed by atoms with van der Waals surface area (Å²) in [5.41, 5.74) is 5.36. The van der Waals surface area contributed by atoms with Crippen LogP contribution in [0, 0.1) is 5.82 Å². The Balaban J connectivity index is 2.20. The van der Waals surface area contributed by atoms with E-state index >= 15 is 0 Å². The first kappa shape index (κ1) is 12.9. The molecule has 0 radical (unpaired) electrons. The van der Waals surface area contributed by atoms with Gasteiger partial charge in [-0.2, -0.15) is 0 Å². The number of hydrogen-bond donors (Lipinski definition) is 2. The Bertz CT molecular complexity index is 641. The summed E-state index contributed by atoms with van der Waals surface area (Å²) in [4.78, 5) is 3.81. The molecule has 0 atom stereocenters. The number of nitrogens with one attached hydrogen (secondary N) is 1. The normalized spacial score (nSPS) is 11.6. The molecule has 0 bridgehead atoms. The van der Waals surface area contributed by atoms with Crippen LogP contribution in [-0.2, 0) is 16.6 Å². The minimum Gasteiger partial charge on any atom is -0.398 e. The summed E-state index contributed by atoms with van der Waals surface area (Å²) in [5, 5.41) is 2.38. The number of thiazole rings is 1. The van der Waals surface area contributed by atoms with Gasteiger partial charge in [-0.15, -0.1) is 11.3 Å². The maximum absolute atomic E-state index is 12.8. The summed E-state index contributed by atoms with van der Waals surface area (Å²) >= 11 is 1.34. The zero-order valence-corrected chi connectivity index (χ0v) is 10.8. The van der Waals surface area contributed by atoms with Crippen LogP contribution in [0.1, 0.15) is 5.01 Å². The lowest BCUT2D eigenvalue weighted by molar-refractivity contribution is 0.581. The van der Waals surface area contributed by atoms with Gasteiger partial charge in [0.1, 0.15) is 15.7 Å². The van der Waals surface area contributed by atoms with Crippen molar-refractivity contribution in [1.82, 2.24) is 9.71 Å². The van der Waals surface area contributed by atoms with Crippen molar-refractivity contribution in [2.45, 2.75) is 11.4 Å². The van der Waals surface area contributed by atoms with Crippen molar-refractivity contribution in [3.63, 3.8) is 0 Å². The fourth-order valence-electron chi connectivity index (χ4n) is 1.34. The standard InChI is InChI=1S/C10H10FN3O2S2/c11-7-1-2-9(8(12)5-7)18(15,16)14-6-10-13-3-4-17-10/h1-5,14H,6,12H2. The van der Waals surface area contributed by atoms with Crippen LogP contribution in [0.2, 0.25) is 0 Å². The molecule has 1 heterocycles. The first-order valence-electron chi connectivity index (χ1n) is 4.92. The molecular formula is C10H10FN3O2S2. The first-order chi connectivity index (χ1) is 8.49. The van der Waals surface area contributed by atoms with Gasteiger partial charge in [-0.05, 0) is 18.2 Å². The summed E-state index contributed by atoms with van der Waals surface area (Å²) in [6, 6.07) is 3.15. The van der Waals surface area contributed by atoms with Crippen molar-refractivity contribution < 1.29 is 12.8 Å². The summed E-state index contributed by atoms with van der Waals surface area (Å²) in [6.07, 6.45) is 1.58. The van der Waals surface area contributed by atoms with E-state index in [1.807, 2.05) is 0 Å². The smallest absolute Gasteiger partial charge is 0.243 e. The van der Waals surface area contributed by atoms with Crippen molar-refractivity contribution in [3.05, 3.63) is 40.6 Å². The van der Waals surface area contributed by atoms with Crippen LogP contribution in [0.5, 0.6) is 0 Å². The van der Waals surface area contributed by atoms with Crippen LogP contribution in [0.4, 0.5) is 10.1 Å². The largest absolute Gasteiger partial charge is 0.398 e. The first-order valence-corrected chi connectivity index (χ1v) is 7.28. The number of hydrogen-bond acceptors (Lipinski definition) is 5. The molecule has 5 nitrogen and oxygen atoms in total. The van der Waals surface area contributed by atoms with Crippen molar-refractivity contribution in [1.29, 1.82) is 0 Å². The van der Waals surface area contributed by atoms with Gasteiger partial charge in [0.25, 0.3) is 0 Å². The second-order valence-electron chi connectivity index (χ2n) is 3.43. The molecule has 3 N–H and O–H groups in total. The minimum absolute atomic E-state index is 0.0802. The third-order valence-electron chi connectivity index (χ3n) is 2.16. The fraction of sp³-hybridized carbons (Fsp3) is 0.100. The Morgan fingerprint density at radius 3 is 2.83 bits per heavy atom. The molecule has 18 heavy (non-hydrogen) atoms. The van der Waals surface area contributed by atoms with E-state index in [4.69, 9.17) is 5.73 Å². The molecule has 0 aliphatic rings. The zero-order chi connectivity index (χ0) is 13.2. The predicted molar refractivity (Wildman–Crippen MR) is 67.0 cm³/mol. The van der Waals surface area contributed by atoms with Crippen molar-refractivity contribution in [2.24, 2.45) is 0 Å². The number of rotatable bonds is 4. The number of nitrogens with zero attached hydrogens (tertiary/aromatic N) is 1. The number of nitrogen functional groups attached to an aromatic ring is 1. The highest BCUT2D eigenvalue weighted by Crippen LogP contribution is 2.19. The van der Waals surface area contributed by atoms with Gasteiger partial charge >= 0.3 is 0 Å². The van der Waals surface area contributed by atoms with Gasteiger partial charge in [-0.25, -0.2) is 22.5 Å². The molecule has 0 unspecified atom stereocenters. The molecule has 96 valence electrons. The zero-order valence-electron chi connectivity index (χ0n) is 9.13. The van der Waals surface area contributed by atoms with Gasteiger partial charge in [0.15, 0.2) is 0 Å². The van der Waals surface area contributed by atoms with Crippen LogP contribution in [0.15, 0.2) is 34.7 Å². The average Bonchev–Trinajstić information content (AvgIpc) is 2.78. The van der Waals surface area contributed by atoms with Crippen LogP contribution in [-0.4, -0.2) is 13.4 Å². The predicted octanol–water partition coefficient (Wildman–Crippen LogP) is 1.34. The molecule has 0 fully saturated rings. The lowest BCUT2D eigenvalue weighted by Gasteiger charge is -2.07. The second-order valence-corrected chi connectivity index (χ2v) is 6.15. The maximum atomic E-state index is 12.8. The van der Waals surface area contributed by atoms with E-state index < -0.39 is 15.8 Å². The SMILES string of the molecule is Nc1cc(F)ccc1S(=O)(=O)NCc1nccs1. The third-order valence-corrected chi connectivity index (χ3v) is 4.41. The second kappa shape index (κ2) is 5.01. The molecule has 0 amide bonds. The highest BCUT2D eigenvalue weighted by atomic mass is 32.2.